The van der Waals surface area contributed by atoms with Crippen LogP contribution >= 0.6 is 0 Å². The van der Waals surface area contributed by atoms with Crippen LogP contribution in [0.5, 0.6) is 5.95 Å². The highest BCUT2D eigenvalue weighted by Gasteiger charge is 2.11. The van der Waals surface area contributed by atoms with Gasteiger partial charge in [0.25, 0.3) is 5.95 Å². The first-order valence-corrected chi connectivity index (χ1v) is 11.7. The largest absolute Gasteiger partial charge is 0.475 e. The van der Waals surface area contributed by atoms with Crippen LogP contribution in [0.15, 0.2) is 16.5 Å². The number of furan rings is 1. The quantitative estimate of drug-likeness (QED) is 0.285. The van der Waals surface area contributed by atoms with Crippen LogP contribution in [0.25, 0.3) is 0 Å². The van der Waals surface area contributed by atoms with Gasteiger partial charge < -0.3 is 14.3 Å². The molecule has 0 fully saturated rings. The van der Waals surface area contributed by atoms with Crippen LogP contribution in [0.1, 0.15) is 109 Å². The maximum absolute atomic E-state index is 10.8. The minimum absolute atomic E-state index is 0.0769. The van der Waals surface area contributed by atoms with Crippen molar-refractivity contribution in [2.45, 2.75) is 98.8 Å². The standard InChI is InChI=1S/C25H44O4/c1-19(2)9-6-10-20(3)11-7-12-21(4)13-8-14-22(5)17-18-28-24-16-15-23(29-24)25(26)27/h15-16,19-22H,6-14,17-18H2,1-5H3,(H,26,27). The zero-order valence-electron chi connectivity index (χ0n) is 19.4. The summed E-state index contributed by atoms with van der Waals surface area (Å²) in [6.07, 6.45) is 13.0. The molecule has 0 aromatic carbocycles. The van der Waals surface area contributed by atoms with Crippen molar-refractivity contribution in [2.24, 2.45) is 23.7 Å². The van der Waals surface area contributed by atoms with Crippen molar-refractivity contribution in [3.05, 3.63) is 17.9 Å². The average Bonchev–Trinajstić information content (AvgIpc) is 3.10. The minimum atomic E-state index is -1.07. The number of carboxylic acids is 1. The van der Waals surface area contributed by atoms with E-state index in [9.17, 15) is 4.79 Å². The summed E-state index contributed by atoms with van der Waals surface area (Å²) in [6.45, 7) is 12.3. The number of hydrogen-bond acceptors (Lipinski definition) is 3. The summed E-state index contributed by atoms with van der Waals surface area (Å²) in [5, 5.41) is 8.84. The van der Waals surface area contributed by atoms with Crippen molar-refractivity contribution in [3.8, 4) is 5.95 Å². The molecule has 29 heavy (non-hydrogen) atoms. The van der Waals surface area contributed by atoms with E-state index in [0.717, 1.165) is 24.2 Å². The zero-order chi connectivity index (χ0) is 21.6. The molecule has 3 atom stereocenters. The van der Waals surface area contributed by atoms with Crippen molar-refractivity contribution in [1.29, 1.82) is 0 Å². The molecule has 0 amide bonds. The van der Waals surface area contributed by atoms with Crippen molar-refractivity contribution in [3.63, 3.8) is 0 Å². The molecule has 0 aliphatic heterocycles. The van der Waals surface area contributed by atoms with E-state index in [2.05, 4.69) is 34.6 Å². The number of hydrogen-bond donors (Lipinski definition) is 1. The Morgan fingerprint density at radius 3 is 1.76 bits per heavy atom. The van der Waals surface area contributed by atoms with Gasteiger partial charge in [0.15, 0.2) is 0 Å². The van der Waals surface area contributed by atoms with E-state index < -0.39 is 5.97 Å². The van der Waals surface area contributed by atoms with Gasteiger partial charge in [-0.3, -0.25) is 0 Å². The molecule has 0 saturated carbocycles. The van der Waals surface area contributed by atoms with Crippen LogP contribution in [0.3, 0.4) is 0 Å². The normalized spacial score (nSPS) is 14.7. The zero-order valence-corrected chi connectivity index (χ0v) is 19.4. The average molecular weight is 409 g/mol. The summed E-state index contributed by atoms with van der Waals surface area (Å²) < 4.78 is 10.6. The summed E-state index contributed by atoms with van der Waals surface area (Å²) in [6, 6.07) is 3.00. The van der Waals surface area contributed by atoms with Crippen molar-refractivity contribution in [2.75, 3.05) is 6.61 Å². The fourth-order valence-electron chi connectivity index (χ4n) is 3.81. The van der Waals surface area contributed by atoms with E-state index >= 15 is 0 Å². The van der Waals surface area contributed by atoms with Crippen molar-refractivity contribution < 1.29 is 19.1 Å². The molecule has 1 aromatic rings. The van der Waals surface area contributed by atoms with Crippen LogP contribution < -0.4 is 4.74 Å². The second kappa shape index (κ2) is 14.5. The van der Waals surface area contributed by atoms with Gasteiger partial charge in [0, 0.05) is 6.07 Å². The second-order valence-electron chi connectivity index (χ2n) is 9.56. The lowest BCUT2D eigenvalue weighted by molar-refractivity contribution is 0.0653. The Hall–Kier alpha value is -1.45. The molecule has 3 unspecified atom stereocenters. The van der Waals surface area contributed by atoms with Gasteiger partial charge in [-0.05, 0) is 36.2 Å². The molecule has 4 heteroatoms. The molecular formula is C25H44O4. The van der Waals surface area contributed by atoms with Crippen molar-refractivity contribution in [1.82, 2.24) is 0 Å². The maximum Gasteiger partial charge on any atom is 0.371 e. The summed E-state index contributed by atoms with van der Waals surface area (Å²) in [4.78, 5) is 10.8. The fraction of sp³-hybridized carbons (Fsp3) is 0.800. The molecular weight excluding hydrogens is 364 g/mol. The molecule has 0 radical (unpaired) electrons. The van der Waals surface area contributed by atoms with Gasteiger partial charge in [-0.25, -0.2) is 4.79 Å². The second-order valence-corrected chi connectivity index (χ2v) is 9.56. The van der Waals surface area contributed by atoms with E-state index in [1.807, 2.05) is 0 Å². The van der Waals surface area contributed by atoms with E-state index in [1.54, 1.807) is 6.07 Å². The van der Waals surface area contributed by atoms with Gasteiger partial charge in [-0.15, -0.1) is 0 Å². The molecule has 1 aromatic heterocycles. The van der Waals surface area contributed by atoms with E-state index in [-0.39, 0.29) is 5.76 Å². The Morgan fingerprint density at radius 1 is 0.828 bits per heavy atom. The van der Waals surface area contributed by atoms with E-state index in [1.165, 1.54) is 63.9 Å². The highest BCUT2D eigenvalue weighted by atomic mass is 16.6. The number of carboxylic acid groups (broad SMARTS) is 1. The van der Waals surface area contributed by atoms with Gasteiger partial charge in [-0.2, -0.15) is 0 Å². The first-order valence-electron chi connectivity index (χ1n) is 11.7. The molecule has 0 aliphatic rings. The lowest BCUT2D eigenvalue weighted by atomic mass is 9.91. The topological polar surface area (TPSA) is 59.7 Å². The van der Waals surface area contributed by atoms with Gasteiger partial charge in [0.1, 0.15) is 0 Å². The lowest BCUT2D eigenvalue weighted by Crippen LogP contribution is -2.05. The fourth-order valence-corrected chi connectivity index (χ4v) is 3.81. The summed E-state index contributed by atoms with van der Waals surface area (Å²) >= 11 is 0. The Balaban J connectivity index is 2.02. The molecule has 1 heterocycles. The predicted molar refractivity (Wildman–Crippen MR) is 120 cm³/mol. The van der Waals surface area contributed by atoms with Crippen LogP contribution in [0.2, 0.25) is 0 Å². The molecule has 0 spiro atoms. The Bertz CT molecular complexity index is 549. The Morgan fingerprint density at radius 2 is 1.31 bits per heavy atom. The van der Waals surface area contributed by atoms with E-state index in [4.69, 9.17) is 14.3 Å². The third-order valence-corrected chi connectivity index (χ3v) is 5.91. The molecule has 0 saturated heterocycles. The molecule has 168 valence electrons. The van der Waals surface area contributed by atoms with Gasteiger partial charge >= 0.3 is 5.97 Å². The number of ether oxygens (including phenoxy) is 1. The van der Waals surface area contributed by atoms with Crippen LogP contribution in [-0.4, -0.2) is 17.7 Å². The molecule has 1 rings (SSSR count). The Kier molecular flexibility index (Phi) is 12.8. The highest BCUT2D eigenvalue weighted by molar-refractivity contribution is 5.84. The summed E-state index contributed by atoms with van der Waals surface area (Å²) in [7, 11) is 0. The molecule has 0 aliphatic carbocycles. The lowest BCUT2D eigenvalue weighted by Gasteiger charge is -2.16. The van der Waals surface area contributed by atoms with Crippen LogP contribution in [-0.2, 0) is 0 Å². The maximum atomic E-state index is 10.8. The van der Waals surface area contributed by atoms with Gasteiger partial charge in [-0.1, -0.05) is 92.4 Å². The van der Waals surface area contributed by atoms with Crippen LogP contribution in [0, 0.1) is 23.7 Å². The number of rotatable bonds is 17. The smallest absolute Gasteiger partial charge is 0.371 e. The monoisotopic (exact) mass is 408 g/mol. The molecule has 1 N–H and O–H groups in total. The van der Waals surface area contributed by atoms with Gasteiger partial charge in [0.05, 0.1) is 6.61 Å². The Labute approximate surface area is 178 Å². The SMILES string of the molecule is CC(C)CCCC(C)CCCC(C)CCCC(C)CCOc1ccc(C(=O)O)o1. The molecule has 0 bridgehead atoms. The van der Waals surface area contributed by atoms with Crippen molar-refractivity contribution >= 4 is 5.97 Å². The highest BCUT2D eigenvalue weighted by Crippen LogP contribution is 2.23. The predicted octanol–water partition coefficient (Wildman–Crippen LogP) is 7.82. The summed E-state index contributed by atoms with van der Waals surface area (Å²) in [5.41, 5.74) is 0. The first-order chi connectivity index (χ1) is 13.8. The minimum Gasteiger partial charge on any atom is -0.475 e. The van der Waals surface area contributed by atoms with Gasteiger partial charge in [0.2, 0.25) is 5.76 Å². The third-order valence-electron chi connectivity index (χ3n) is 5.91. The number of carbonyl (C=O) groups is 1. The first kappa shape index (κ1) is 25.6. The third kappa shape index (κ3) is 12.7. The van der Waals surface area contributed by atoms with Crippen LogP contribution in [0.4, 0.5) is 0 Å². The molecule has 4 nitrogen and oxygen atoms in total. The summed E-state index contributed by atoms with van der Waals surface area (Å²) in [5.74, 6) is 2.29. The number of aromatic carboxylic acids is 1. The van der Waals surface area contributed by atoms with E-state index in [0.29, 0.717) is 18.5 Å².